The van der Waals surface area contributed by atoms with Gasteiger partial charge in [-0.25, -0.2) is 9.18 Å². The van der Waals surface area contributed by atoms with Crippen molar-refractivity contribution in [2.75, 3.05) is 0 Å². The van der Waals surface area contributed by atoms with E-state index in [1.807, 2.05) is 6.07 Å². The number of nitrogens with zero attached hydrogens (tertiary/aromatic N) is 3. The average molecular weight is 311 g/mol. The number of carboxylic acids is 1. The summed E-state index contributed by atoms with van der Waals surface area (Å²) >= 11 is 0. The molecule has 23 heavy (non-hydrogen) atoms. The molecule has 0 aliphatic rings. The van der Waals surface area contributed by atoms with Crippen molar-refractivity contribution >= 4 is 11.6 Å². The summed E-state index contributed by atoms with van der Waals surface area (Å²) < 4.78 is 15.6. The Kier molecular flexibility index (Phi) is 3.22. The maximum atomic E-state index is 13.1. The molecule has 0 amide bonds. The van der Waals surface area contributed by atoms with Crippen molar-refractivity contribution in [3.63, 3.8) is 0 Å². The van der Waals surface area contributed by atoms with Crippen LogP contribution in [0.3, 0.4) is 0 Å². The van der Waals surface area contributed by atoms with Gasteiger partial charge in [-0.1, -0.05) is 12.1 Å². The molecule has 0 saturated heterocycles. The Morgan fingerprint density at radius 1 is 1.26 bits per heavy atom. The third-order valence-corrected chi connectivity index (χ3v) is 3.58. The van der Waals surface area contributed by atoms with Crippen molar-refractivity contribution in [1.82, 2.24) is 8.97 Å². The average Bonchev–Trinajstić information content (AvgIpc) is 2.91. The molecular weight excluding hydrogens is 301 g/mol. The Bertz CT molecular complexity index is 1040. The van der Waals surface area contributed by atoms with Crippen molar-refractivity contribution in [3.8, 4) is 17.2 Å². The summed E-state index contributed by atoms with van der Waals surface area (Å²) in [4.78, 5) is 23.4. The Morgan fingerprint density at radius 3 is 2.48 bits per heavy atom. The number of aromatic nitrogens is 2. The lowest BCUT2D eigenvalue weighted by Crippen LogP contribution is -2.23. The molecule has 114 valence electrons. The van der Waals surface area contributed by atoms with Crippen LogP contribution in [0.4, 0.5) is 4.39 Å². The zero-order chi connectivity index (χ0) is 16.7. The molecule has 1 aromatic carbocycles. The largest absolute Gasteiger partial charge is 0.477 e. The van der Waals surface area contributed by atoms with Gasteiger partial charge in [-0.15, -0.1) is 0 Å². The second-order valence-corrected chi connectivity index (χ2v) is 4.99. The van der Waals surface area contributed by atoms with Crippen LogP contribution in [0.1, 0.15) is 15.9 Å². The molecular formula is C16H10FN3O3. The Hall–Kier alpha value is -3.40. The van der Waals surface area contributed by atoms with E-state index in [4.69, 9.17) is 5.11 Å². The van der Waals surface area contributed by atoms with Gasteiger partial charge in [0.15, 0.2) is 0 Å². The number of halogens is 1. The number of hydrogen-bond donors (Lipinski definition) is 1. The lowest BCUT2D eigenvalue weighted by atomic mass is 10.1. The van der Waals surface area contributed by atoms with Crippen molar-refractivity contribution in [1.29, 1.82) is 5.26 Å². The first kappa shape index (κ1) is 14.5. The van der Waals surface area contributed by atoms with Crippen LogP contribution in [0.15, 0.2) is 41.5 Å². The summed E-state index contributed by atoms with van der Waals surface area (Å²) in [6, 6.07) is 7.51. The van der Waals surface area contributed by atoms with Crippen molar-refractivity contribution in [3.05, 3.63) is 64.0 Å². The zero-order valence-corrected chi connectivity index (χ0v) is 11.9. The lowest BCUT2D eigenvalue weighted by Gasteiger charge is -2.05. The number of rotatable bonds is 2. The summed E-state index contributed by atoms with van der Waals surface area (Å²) in [6.07, 6.45) is 2.57. The molecule has 0 bridgehead atoms. The van der Waals surface area contributed by atoms with Crippen LogP contribution in [0.2, 0.25) is 0 Å². The fourth-order valence-electron chi connectivity index (χ4n) is 2.54. The monoisotopic (exact) mass is 311 g/mol. The number of nitriles is 1. The molecule has 0 aliphatic carbocycles. The second kappa shape index (κ2) is 5.10. The van der Waals surface area contributed by atoms with Gasteiger partial charge in [-0.05, 0) is 17.7 Å². The van der Waals surface area contributed by atoms with Crippen LogP contribution in [-0.4, -0.2) is 20.0 Å². The predicted octanol–water partition coefficient (Wildman–Crippen LogP) is 2.01. The van der Waals surface area contributed by atoms with Crippen LogP contribution >= 0.6 is 0 Å². The first-order valence-electron chi connectivity index (χ1n) is 6.58. The van der Waals surface area contributed by atoms with Crippen LogP contribution < -0.4 is 5.56 Å². The lowest BCUT2D eigenvalue weighted by molar-refractivity contribution is 0.0694. The second-order valence-electron chi connectivity index (χ2n) is 4.99. The van der Waals surface area contributed by atoms with E-state index in [0.717, 1.165) is 4.40 Å². The standard InChI is InChI=1S/C16H10FN3O3/c1-19-7-13(16(22)23)15(21)20-8-12(11(6-18)14(19)20)9-2-4-10(17)5-3-9/h2-5,7-8H,1H3,(H,22,23). The number of aryl methyl sites for hydroxylation is 1. The topological polar surface area (TPSA) is 87.5 Å². The molecule has 3 rings (SSSR count). The maximum absolute atomic E-state index is 13.1. The SMILES string of the molecule is Cn1cc(C(=O)O)c(=O)n2cc(-c3ccc(F)cc3)c(C#N)c12. The molecule has 0 fully saturated rings. The van der Waals surface area contributed by atoms with E-state index in [1.54, 1.807) is 7.05 Å². The normalized spacial score (nSPS) is 10.7. The minimum Gasteiger partial charge on any atom is -0.477 e. The van der Waals surface area contributed by atoms with Gasteiger partial charge in [-0.3, -0.25) is 9.20 Å². The number of benzene rings is 1. The van der Waals surface area contributed by atoms with Gasteiger partial charge in [0.1, 0.15) is 28.7 Å². The van der Waals surface area contributed by atoms with E-state index in [1.165, 1.54) is 41.2 Å². The van der Waals surface area contributed by atoms with E-state index >= 15 is 0 Å². The van der Waals surface area contributed by atoms with Gasteiger partial charge in [-0.2, -0.15) is 5.26 Å². The molecule has 2 heterocycles. The van der Waals surface area contributed by atoms with Crippen LogP contribution in [0, 0.1) is 17.1 Å². The third-order valence-electron chi connectivity index (χ3n) is 3.58. The van der Waals surface area contributed by atoms with Crippen molar-refractivity contribution < 1.29 is 14.3 Å². The van der Waals surface area contributed by atoms with E-state index in [-0.39, 0.29) is 11.2 Å². The van der Waals surface area contributed by atoms with E-state index in [9.17, 15) is 19.2 Å². The first-order valence-corrected chi connectivity index (χ1v) is 6.58. The van der Waals surface area contributed by atoms with Crippen molar-refractivity contribution in [2.24, 2.45) is 7.05 Å². The maximum Gasteiger partial charge on any atom is 0.342 e. The molecule has 0 aliphatic heterocycles. The molecule has 2 aromatic heterocycles. The van der Waals surface area contributed by atoms with Crippen LogP contribution in [0.5, 0.6) is 0 Å². The number of carboxylic acid groups (broad SMARTS) is 1. The highest BCUT2D eigenvalue weighted by atomic mass is 19.1. The van der Waals surface area contributed by atoms with Gasteiger partial charge in [0.2, 0.25) is 0 Å². The molecule has 0 spiro atoms. The van der Waals surface area contributed by atoms with Crippen LogP contribution in [-0.2, 0) is 7.05 Å². The number of fused-ring (bicyclic) bond motifs is 1. The highest BCUT2D eigenvalue weighted by Gasteiger charge is 2.20. The van der Waals surface area contributed by atoms with Gasteiger partial charge >= 0.3 is 5.97 Å². The van der Waals surface area contributed by atoms with Crippen LogP contribution in [0.25, 0.3) is 16.8 Å². The molecule has 0 saturated carbocycles. The number of aromatic carboxylic acids is 1. The van der Waals surface area contributed by atoms with E-state index in [0.29, 0.717) is 11.1 Å². The predicted molar refractivity (Wildman–Crippen MR) is 79.7 cm³/mol. The minimum absolute atomic E-state index is 0.216. The molecule has 0 unspecified atom stereocenters. The summed E-state index contributed by atoms with van der Waals surface area (Å²) in [5.41, 5.74) is 0.362. The Morgan fingerprint density at radius 2 is 1.91 bits per heavy atom. The Labute approximate surface area is 129 Å². The molecule has 0 radical (unpaired) electrons. The molecule has 6 nitrogen and oxygen atoms in total. The third kappa shape index (κ3) is 2.17. The smallest absolute Gasteiger partial charge is 0.342 e. The highest BCUT2D eigenvalue weighted by molar-refractivity contribution is 5.88. The fourth-order valence-corrected chi connectivity index (χ4v) is 2.54. The zero-order valence-electron chi connectivity index (χ0n) is 11.9. The fraction of sp³-hybridized carbons (Fsp3) is 0.0625. The van der Waals surface area contributed by atoms with E-state index < -0.39 is 22.9 Å². The summed E-state index contributed by atoms with van der Waals surface area (Å²) in [5.74, 6) is -1.76. The first-order chi connectivity index (χ1) is 10.9. The molecule has 3 aromatic rings. The quantitative estimate of drug-likeness (QED) is 0.784. The highest BCUT2D eigenvalue weighted by Crippen LogP contribution is 2.27. The van der Waals surface area contributed by atoms with Crippen molar-refractivity contribution in [2.45, 2.75) is 0 Å². The summed E-state index contributed by atoms with van der Waals surface area (Å²) in [5, 5.41) is 18.5. The summed E-state index contributed by atoms with van der Waals surface area (Å²) in [7, 11) is 1.55. The number of hydrogen-bond acceptors (Lipinski definition) is 3. The number of carbonyl (C=O) groups is 1. The van der Waals surface area contributed by atoms with Gasteiger partial charge in [0, 0.05) is 25.0 Å². The minimum atomic E-state index is -1.34. The Balaban J connectivity index is 2.42. The summed E-state index contributed by atoms with van der Waals surface area (Å²) in [6.45, 7) is 0. The van der Waals surface area contributed by atoms with Gasteiger partial charge in [0.25, 0.3) is 5.56 Å². The molecule has 7 heteroatoms. The van der Waals surface area contributed by atoms with Gasteiger partial charge < -0.3 is 9.67 Å². The molecule has 1 N–H and O–H groups in total. The van der Waals surface area contributed by atoms with E-state index in [2.05, 4.69) is 0 Å². The molecule has 0 atom stereocenters. The van der Waals surface area contributed by atoms with Gasteiger partial charge in [0.05, 0.1) is 0 Å².